The summed E-state index contributed by atoms with van der Waals surface area (Å²) in [6.45, 7) is 7.38. The van der Waals surface area contributed by atoms with E-state index in [1.807, 2.05) is 29.0 Å². The van der Waals surface area contributed by atoms with Crippen LogP contribution in [0.5, 0.6) is 0 Å². The van der Waals surface area contributed by atoms with Gasteiger partial charge < -0.3 is 4.74 Å². The highest BCUT2D eigenvalue weighted by Gasteiger charge is 2.25. The normalized spacial score (nSPS) is 12.7. The van der Waals surface area contributed by atoms with Crippen LogP contribution >= 0.6 is 11.3 Å². The Hall–Kier alpha value is -1.21. The zero-order chi connectivity index (χ0) is 17.8. The van der Waals surface area contributed by atoms with E-state index < -0.39 is 10.0 Å². The van der Waals surface area contributed by atoms with Crippen molar-refractivity contribution in [3.8, 4) is 0 Å². The third-order valence-corrected chi connectivity index (χ3v) is 6.43. The molecule has 2 rings (SSSR count). The van der Waals surface area contributed by atoms with Crippen LogP contribution in [0.25, 0.3) is 0 Å². The molecule has 0 spiro atoms. The molecule has 0 unspecified atom stereocenters. The van der Waals surface area contributed by atoms with Crippen molar-refractivity contribution in [3.63, 3.8) is 0 Å². The van der Waals surface area contributed by atoms with Gasteiger partial charge in [-0.05, 0) is 45.5 Å². The van der Waals surface area contributed by atoms with Crippen LogP contribution in [0.4, 0.5) is 0 Å². The first-order valence-corrected chi connectivity index (χ1v) is 10.2. The summed E-state index contributed by atoms with van der Waals surface area (Å²) in [5, 5.41) is 3.92. The number of thiophene rings is 1. The number of hydrogen-bond acceptors (Lipinski definition) is 4. The molecule has 6 heteroatoms. The number of rotatable bonds is 7. The molecule has 24 heavy (non-hydrogen) atoms. The van der Waals surface area contributed by atoms with Crippen LogP contribution in [0, 0.1) is 0 Å². The topological polar surface area (TPSA) is 46.6 Å². The van der Waals surface area contributed by atoms with Gasteiger partial charge in [0.15, 0.2) is 0 Å². The Labute approximate surface area is 149 Å². The number of benzene rings is 1. The molecule has 132 valence electrons. The molecule has 0 amide bonds. The molecule has 1 heterocycles. The van der Waals surface area contributed by atoms with E-state index in [-0.39, 0.29) is 5.41 Å². The van der Waals surface area contributed by atoms with Crippen molar-refractivity contribution in [2.75, 3.05) is 20.3 Å². The second-order valence-corrected chi connectivity index (χ2v) is 9.46. The number of ether oxygens (including phenoxy) is 1. The molecule has 0 N–H and O–H groups in total. The Morgan fingerprint density at radius 3 is 2.29 bits per heavy atom. The maximum absolute atomic E-state index is 13.0. The summed E-state index contributed by atoms with van der Waals surface area (Å²) >= 11 is 1.56. The summed E-state index contributed by atoms with van der Waals surface area (Å²) in [6, 6.07) is 9.13. The Bertz CT molecular complexity index is 730. The number of nitrogens with zero attached hydrogens (tertiary/aromatic N) is 1. The lowest BCUT2D eigenvalue weighted by Gasteiger charge is -2.23. The molecule has 0 saturated heterocycles. The van der Waals surface area contributed by atoms with Crippen molar-refractivity contribution in [1.82, 2.24) is 4.31 Å². The van der Waals surface area contributed by atoms with E-state index in [1.54, 1.807) is 30.6 Å². The van der Waals surface area contributed by atoms with Gasteiger partial charge in [0.25, 0.3) is 0 Å². The van der Waals surface area contributed by atoms with Gasteiger partial charge in [-0.15, -0.1) is 0 Å². The fraction of sp³-hybridized carbons (Fsp3) is 0.444. The number of hydrogen-bond donors (Lipinski definition) is 0. The van der Waals surface area contributed by atoms with E-state index in [1.165, 1.54) is 4.31 Å². The van der Waals surface area contributed by atoms with Crippen molar-refractivity contribution in [3.05, 3.63) is 52.2 Å². The Morgan fingerprint density at radius 2 is 1.79 bits per heavy atom. The lowest BCUT2D eigenvalue weighted by atomic mass is 9.87. The Morgan fingerprint density at radius 1 is 1.12 bits per heavy atom. The molecule has 4 nitrogen and oxygen atoms in total. The lowest BCUT2D eigenvalue weighted by molar-refractivity contribution is 0.177. The second-order valence-electron chi connectivity index (χ2n) is 6.74. The monoisotopic (exact) mass is 367 g/mol. The first kappa shape index (κ1) is 19.1. The van der Waals surface area contributed by atoms with Gasteiger partial charge in [-0.2, -0.15) is 15.6 Å². The van der Waals surface area contributed by atoms with Crippen LogP contribution in [-0.2, 0) is 26.7 Å². The highest BCUT2D eigenvalue weighted by Crippen LogP contribution is 2.25. The summed E-state index contributed by atoms with van der Waals surface area (Å²) in [5.41, 5.74) is 2.10. The Balaban J connectivity index is 2.29. The molecule has 0 saturated carbocycles. The van der Waals surface area contributed by atoms with Crippen molar-refractivity contribution in [2.45, 2.75) is 37.6 Å². The predicted octanol–water partition coefficient (Wildman–Crippen LogP) is 3.88. The quantitative estimate of drug-likeness (QED) is 0.746. The standard InChI is InChI=1S/C18H25NO3S2/c1-18(2,3)16-5-7-17(8-6-16)24(20,21)19(10-11-22-4)13-15-9-12-23-14-15/h5-9,12,14H,10-11,13H2,1-4H3. The summed E-state index contributed by atoms with van der Waals surface area (Å²) in [7, 11) is -1.98. The van der Waals surface area contributed by atoms with E-state index in [2.05, 4.69) is 20.8 Å². The van der Waals surface area contributed by atoms with E-state index in [9.17, 15) is 8.42 Å². The fourth-order valence-corrected chi connectivity index (χ4v) is 4.41. The number of methoxy groups -OCH3 is 1. The van der Waals surface area contributed by atoms with Gasteiger partial charge >= 0.3 is 0 Å². The molecule has 2 aromatic rings. The van der Waals surface area contributed by atoms with Crippen molar-refractivity contribution in [1.29, 1.82) is 0 Å². The summed E-state index contributed by atoms with van der Waals surface area (Å²) in [4.78, 5) is 0.321. The highest BCUT2D eigenvalue weighted by molar-refractivity contribution is 7.89. The van der Waals surface area contributed by atoms with Crippen molar-refractivity contribution in [2.24, 2.45) is 0 Å². The van der Waals surface area contributed by atoms with Crippen molar-refractivity contribution >= 4 is 21.4 Å². The van der Waals surface area contributed by atoms with Crippen LogP contribution < -0.4 is 0 Å². The zero-order valence-electron chi connectivity index (χ0n) is 14.7. The lowest BCUT2D eigenvalue weighted by Crippen LogP contribution is -2.33. The fourth-order valence-electron chi connectivity index (χ4n) is 2.34. The first-order valence-electron chi connectivity index (χ1n) is 7.86. The zero-order valence-corrected chi connectivity index (χ0v) is 16.3. The van der Waals surface area contributed by atoms with E-state index >= 15 is 0 Å². The third-order valence-electron chi connectivity index (χ3n) is 3.84. The summed E-state index contributed by atoms with van der Waals surface area (Å²) < 4.78 is 32.6. The molecule has 0 aliphatic carbocycles. The molecular formula is C18H25NO3S2. The van der Waals surface area contributed by atoms with Gasteiger partial charge in [-0.1, -0.05) is 32.9 Å². The second kappa shape index (κ2) is 7.78. The minimum absolute atomic E-state index is 0.00525. The molecule has 0 aliphatic rings. The van der Waals surface area contributed by atoms with Gasteiger partial charge in [0.05, 0.1) is 11.5 Å². The van der Waals surface area contributed by atoms with Crippen LogP contribution in [0.1, 0.15) is 31.9 Å². The van der Waals surface area contributed by atoms with Gasteiger partial charge in [-0.3, -0.25) is 0 Å². The van der Waals surface area contributed by atoms with Crippen molar-refractivity contribution < 1.29 is 13.2 Å². The summed E-state index contributed by atoms with van der Waals surface area (Å²) in [6.07, 6.45) is 0. The molecule has 0 bridgehead atoms. The molecule has 1 aromatic carbocycles. The smallest absolute Gasteiger partial charge is 0.243 e. The molecule has 0 fully saturated rings. The van der Waals surface area contributed by atoms with E-state index in [0.717, 1.165) is 11.1 Å². The molecule has 0 aliphatic heterocycles. The highest BCUT2D eigenvalue weighted by atomic mass is 32.2. The maximum atomic E-state index is 13.0. The number of sulfonamides is 1. The van der Waals surface area contributed by atoms with E-state index in [0.29, 0.717) is 24.6 Å². The average molecular weight is 368 g/mol. The van der Waals surface area contributed by atoms with Crippen LogP contribution in [-0.4, -0.2) is 33.0 Å². The van der Waals surface area contributed by atoms with Gasteiger partial charge in [0.1, 0.15) is 0 Å². The average Bonchev–Trinajstić information content (AvgIpc) is 3.03. The third kappa shape index (κ3) is 4.66. The van der Waals surface area contributed by atoms with Gasteiger partial charge in [0, 0.05) is 20.2 Å². The van der Waals surface area contributed by atoms with Crippen LogP contribution in [0.2, 0.25) is 0 Å². The van der Waals surface area contributed by atoms with Crippen LogP contribution in [0.15, 0.2) is 46.0 Å². The van der Waals surface area contributed by atoms with E-state index in [4.69, 9.17) is 4.74 Å². The largest absolute Gasteiger partial charge is 0.383 e. The molecule has 1 aromatic heterocycles. The SMILES string of the molecule is COCCN(Cc1ccsc1)S(=O)(=O)c1ccc(C(C)(C)C)cc1. The van der Waals surface area contributed by atoms with Gasteiger partial charge in [-0.25, -0.2) is 8.42 Å². The predicted molar refractivity (Wildman–Crippen MR) is 98.9 cm³/mol. The molecular weight excluding hydrogens is 342 g/mol. The van der Waals surface area contributed by atoms with Crippen LogP contribution in [0.3, 0.4) is 0 Å². The minimum atomic E-state index is -3.55. The Kier molecular flexibility index (Phi) is 6.20. The molecule has 0 atom stereocenters. The molecule has 0 radical (unpaired) electrons. The first-order chi connectivity index (χ1) is 11.2. The summed E-state index contributed by atoms with van der Waals surface area (Å²) in [5.74, 6) is 0. The minimum Gasteiger partial charge on any atom is -0.383 e. The maximum Gasteiger partial charge on any atom is 0.243 e. The van der Waals surface area contributed by atoms with Gasteiger partial charge in [0.2, 0.25) is 10.0 Å².